The van der Waals surface area contributed by atoms with E-state index in [1.165, 1.54) is 19.3 Å². The average Bonchev–Trinajstić information content (AvgIpc) is 3.05. The number of nitrogens with zero attached hydrogens (tertiary/aromatic N) is 3. The van der Waals surface area contributed by atoms with Crippen LogP contribution in [0.15, 0.2) is 50.8 Å². The van der Waals surface area contributed by atoms with E-state index >= 15 is 0 Å². The summed E-state index contributed by atoms with van der Waals surface area (Å²) in [7, 11) is -2.20. The first-order chi connectivity index (χ1) is 13.2. The Bertz CT molecular complexity index is 1260. The maximum absolute atomic E-state index is 12.4. The van der Waals surface area contributed by atoms with E-state index in [9.17, 15) is 18.0 Å². The molecule has 0 aliphatic heterocycles. The van der Waals surface area contributed by atoms with E-state index in [0.717, 1.165) is 22.1 Å². The highest BCUT2D eigenvalue weighted by molar-refractivity contribution is 7.92. The lowest BCUT2D eigenvalue weighted by molar-refractivity contribution is -0.115. The molecule has 28 heavy (non-hydrogen) atoms. The van der Waals surface area contributed by atoms with Gasteiger partial charge in [-0.3, -0.25) is 9.59 Å². The molecule has 3 rings (SSSR count). The van der Waals surface area contributed by atoms with Crippen LogP contribution in [0.4, 0.5) is 5.82 Å². The Morgan fingerprint density at radius 3 is 2.68 bits per heavy atom. The van der Waals surface area contributed by atoms with E-state index in [1.54, 1.807) is 12.2 Å². The second kappa shape index (κ2) is 7.17. The molecule has 1 aliphatic carbocycles. The van der Waals surface area contributed by atoms with Gasteiger partial charge in [-0.2, -0.15) is 9.50 Å². The lowest BCUT2D eigenvalue weighted by Gasteiger charge is -2.14. The Labute approximate surface area is 164 Å². The van der Waals surface area contributed by atoms with Crippen molar-refractivity contribution in [1.29, 1.82) is 0 Å². The number of allylic oxidation sites excluding steroid dienone is 5. The van der Waals surface area contributed by atoms with Crippen LogP contribution < -0.4 is 11.3 Å². The van der Waals surface area contributed by atoms with Gasteiger partial charge >= 0.3 is 0 Å². The zero-order chi connectivity index (χ0) is 20.6. The first kappa shape index (κ1) is 19.7. The minimum atomic E-state index is -3.57. The fourth-order valence-corrected chi connectivity index (χ4v) is 4.23. The van der Waals surface area contributed by atoms with Crippen molar-refractivity contribution >= 4 is 43.8 Å². The molecule has 2 aromatic heterocycles. The molecule has 2 heterocycles. The number of hydrogen-bond donors (Lipinski definition) is 1. The molecule has 0 amide bonds. The average molecular weight is 420 g/mol. The quantitative estimate of drug-likeness (QED) is 0.712. The summed E-state index contributed by atoms with van der Waals surface area (Å²) in [6, 6.07) is 0. The number of nitrogen functional groups attached to an aromatic ring is 1. The zero-order valence-corrected chi connectivity index (χ0v) is 16.6. The number of Topliss-reactive ketones (excluding diaryl/α,β-unsaturated/α-hetero) is 1. The molecule has 0 aromatic carbocycles. The molecule has 1 aliphatic rings. The van der Waals surface area contributed by atoms with Crippen LogP contribution in [0.25, 0.3) is 11.0 Å². The largest absolute Gasteiger partial charge is 0.493 e. The Morgan fingerprint density at radius 1 is 1.36 bits per heavy atom. The van der Waals surface area contributed by atoms with E-state index in [2.05, 4.69) is 16.7 Å². The van der Waals surface area contributed by atoms with Crippen molar-refractivity contribution in [3.05, 3.63) is 57.6 Å². The monoisotopic (exact) mass is 420 g/mol. The van der Waals surface area contributed by atoms with Gasteiger partial charge in [0.15, 0.2) is 5.76 Å². The van der Waals surface area contributed by atoms with Crippen LogP contribution in [0.1, 0.15) is 12.0 Å². The normalized spacial score (nSPS) is 16.2. The summed E-state index contributed by atoms with van der Waals surface area (Å²) in [5.41, 5.74) is 6.38. The Hall–Kier alpha value is -3.05. The van der Waals surface area contributed by atoms with Gasteiger partial charge in [0.25, 0.3) is 5.56 Å². The summed E-state index contributed by atoms with van der Waals surface area (Å²) in [5, 5.41) is 3.93. The number of nitrogens with two attached hydrogens (primary N) is 1. The van der Waals surface area contributed by atoms with Crippen molar-refractivity contribution in [3.63, 3.8) is 0 Å². The lowest BCUT2D eigenvalue weighted by atomic mass is 9.95. The number of ketones is 1. The van der Waals surface area contributed by atoms with Crippen LogP contribution in [0.3, 0.4) is 0 Å². The van der Waals surface area contributed by atoms with Crippen LogP contribution in [0.5, 0.6) is 0 Å². The number of aromatic nitrogens is 3. The SMILES string of the molecule is C=CCC1=C/C(=C/c2c(N)n3nc(S(C)(=O)=O)sc3nc2=O)C=C(OC)C1=O. The van der Waals surface area contributed by atoms with Gasteiger partial charge in [0, 0.05) is 11.8 Å². The first-order valence-corrected chi connectivity index (χ1v) is 10.6. The van der Waals surface area contributed by atoms with Gasteiger partial charge in [0.1, 0.15) is 5.82 Å². The van der Waals surface area contributed by atoms with E-state index < -0.39 is 15.4 Å². The topological polar surface area (TPSA) is 134 Å². The molecular weight excluding hydrogens is 404 g/mol. The third-order valence-electron chi connectivity index (χ3n) is 3.84. The lowest BCUT2D eigenvalue weighted by Crippen LogP contribution is -2.17. The summed E-state index contributed by atoms with van der Waals surface area (Å²) < 4.78 is 29.4. The van der Waals surface area contributed by atoms with Crippen LogP contribution >= 0.6 is 11.3 Å². The summed E-state index contributed by atoms with van der Waals surface area (Å²) in [4.78, 5) is 28.6. The maximum Gasteiger partial charge on any atom is 0.283 e. The molecule has 0 saturated carbocycles. The highest BCUT2D eigenvalue weighted by Gasteiger charge is 2.22. The molecule has 9 nitrogen and oxygen atoms in total. The van der Waals surface area contributed by atoms with Gasteiger partial charge in [0.05, 0.1) is 12.7 Å². The van der Waals surface area contributed by atoms with Crippen molar-refractivity contribution in [2.24, 2.45) is 0 Å². The molecule has 0 fully saturated rings. The van der Waals surface area contributed by atoms with E-state index in [4.69, 9.17) is 10.5 Å². The summed E-state index contributed by atoms with van der Waals surface area (Å²) in [6.07, 6.45) is 7.44. The van der Waals surface area contributed by atoms with Crippen molar-refractivity contribution in [2.75, 3.05) is 19.1 Å². The molecular formula is C17H16N4O5S2. The predicted octanol–water partition coefficient (Wildman–Crippen LogP) is 1.14. The number of hydrogen-bond acceptors (Lipinski definition) is 9. The standard InChI is InChI=1S/C17H16N4O5S2/c1-4-5-10-6-9(8-12(26-2)13(10)22)7-11-14(18)21-16(19-15(11)23)27-17(20-21)28(3,24)25/h4,6-8H,1,5,18H2,2-3H3/b9-7-. The van der Waals surface area contributed by atoms with Gasteiger partial charge < -0.3 is 10.5 Å². The molecule has 0 atom stereocenters. The predicted molar refractivity (Wildman–Crippen MR) is 106 cm³/mol. The van der Waals surface area contributed by atoms with Crippen molar-refractivity contribution in [3.8, 4) is 0 Å². The second-order valence-electron chi connectivity index (χ2n) is 5.90. The highest BCUT2D eigenvalue weighted by atomic mass is 32.2. The smallest absolute Gasteiger partial charge is 0.283 e. The number of methoxy groups -OCH3 is 1. The molecule has 0 spiro atoms. The third-order valence-corrected chi connectivity index (χ3v) is 6.42. The third kappa shape index (κ3) is 3.53. The molecule has 146 valence electrons. The summed E-state index contributed by atoms with van der Waals surface area (Å²) in [5.74, 6) is -0.210. The first-order valence-electron chi connectivity index (χ1n) is 7.88. The molecule has 0 radical (unpaired) electrons. The van der Waals surface area contributed by atoms with Gasteiger partial charge in [-0.25, -0.2) is 8.42 Å². The molecule has 2 N–H and O–H groups in total. The van der Waals surface area contributed by atoms with Gasteiger partial charge in [-0.15, -0.1) is 11.7 Å². The van der Waals surface area contributed by atoms with Crippen molar-refractivity contribution in [1.82, 2.24) is 14.6 Å². The van der Waals surface area contributed by atoms with E-state index in [0.29, 0.717) is 17.6 Å². The molecule has 0 saturated heterocycles. The summed E-state index contributed by atoms with van der Waals surface area (Å²) >= 11 is 0.751. The van der Waals surface area contributed by atoms with Crippen LogP contribution in [0, 0.1) is 0 Å². The second-order valence-corrected chi connectivity index (χ2v) is 9.04. The summed E-state index contributed by atoms with van der Waals surface area (Å²) in [6.45, 7) is 3.62. The minimum Gasteiger partial charge on any atom is -0.493 e. The van der Waals surface area contributed by atoms with Gasteiger partial charge in [0.2, 0.25) is 24.9 Å². The fraction of sp³-hybridized carbons (Fsp3) is 0.176. The number of sulfone groups is 1. The van der Waals surface area contributed by atoms with Gasteiger partial charge in [-0.05, 0) is 30.2 Å². The van der Waals surface area contributed by atoms with Crippen LogP contribution in [-0.4, -0.2) is 42.2 Å². The highest BCUT2D eigenvalue weighted by Crippen LogP contribution is 2.25. The fourth-order valence-electron chi connectivity index (χ4n) is 2.54. The van der Waals surface area contributed by atoms with E-state index in [-0.39, 0.29) is 32.2 Å². The Kier molecular flexibility index (Phi) is 5.04. The Morgan fingerprint density at radius 2 is 2.07 bits per heavy atom. The minimum absolute atomic E-state index is 0.0214. The molecule has 0 unspecified atom stereocenters. The number of anilines is 1. The molecule has 0 bridgehead atoms. The van der Waals surface area contributed by atoms with Crippen molar-refractivity contribution in [2.45, 2.75) is 10.8 Å². The van der Waals surface area contributed by atoms with Crippen LogP contribution in [0.2, 0.25) is 0 Å². The number of ether oxygens (including phenoxy) is 1. The van der Waals surface area contributed by atoms with Gasteiger partial charge in [-0.1, -0.05) is 17.4 Å². The van der Waals surface area contributed by atoms with Crippen LogP contribution in [-0.2, 0) is 19.4 Å². The molecule has 11 heteroatoms. The number of fused-ring (bicyclic) bond motifs is 1. The van der Waals surface area contributed by atoms with E-state index in [1.807, 2.05) is 0 Å². The number of rotatable bonds is 5. The number of carbonyl (C=O) groups is 1. The van der Waals surface area contributed by atoms with Crippen molar-refractivity contribution < 1.29 is 17.9 Å². The maximum atomic E-state index is 12.4. The zero-order valence-electron chi connectivity index (χ0n) is 15.0. The number of carbonyl (C=O) groups excluding carboxylic acids is 1. The Balaban J connectivity index is 2.20. The molecule has 2 aromatic rings.